The fourth-order valence-electron chi connectivity index (χ4n) is 4.01. The van der Waals surface area contributed by atoms with Gasteiger partial charge in [-0.3, -0.25) is 9.69 Å². The normalized spacial score (nSPS) is 16.1. The van der Waals surface area contributed by atoms with Crippen molar-refractivity contribution >= 4 is 17.5 Å². The lowest BCUT2D eigenvalue weighted by molar-refractivity contribution is -0.123. The first-order valence-electron chi connectivity index (χ1n) is 10.5. The zero-order valence-electron chi connectivity index (χ0n) is 17.4. The highest BCUT2D eigenvalue weighted by Gasteiger charge is 2.24. The van der Waals surface area contributed by atoms with Crippen molar-refractivity contribution < 1.29 is 9.53 Å². The molecule has 1 N–H and O–H groups in total. The second-order valence-electron chi connectivity index (χ2n) is 7.80. The predicted molar refractivity (Wildman–Crippen MR) is 119 cm³/mol. The van der Waals surface area contributed by atoms with Crippen LogP contribution in [0.1, 0.15) is 48.4 Å². The van der Waals surface area contributed by atoms with Crippen LogP contribution in [0, 0.1) is 13.8 Å². The van der Waals surface area contributed by atoms with E-state index in [4.69, 9.17) is 16.3 Å². The number of halogens is 1. The van der Waals surface area contributed by atoms with E-state index in [0.717, 1.165) is 40.6 Å². The summed E-state index contributed by atoms with van der Waals surface area (Å²) < 4.78 is 5.80. The summed E-state index contributed by atoms with van der Waals surface area (Å²) in [5, 5.41) is 3.82. The zero-order chi connectivity index (χ0) is 20.6. The molecule has 0 spiro atoms. The quantitative estimate of drug-likeness (QED) is 0.687. The maximum absolute atomic E-state index is 12.5. The van der Waals surface area contributed by atoms with Crippen LogP contribution in [0.2, 0.25) is 5.02 Å². The molecule has 0 aromatic heterocycles. The zero-order valence-corrected chi connectivity index (χ0v) is 18.2. The van der Waals surface area contributed by atoms with Crippen LogP contribution in [0.4, 0.5) is 0 Å². The molecular formula is C24H31ClN2O2. The summed E-state index contributed by atoms with van der Waals surface area (Å²) in [6.45, 7) is 6.59. The minimum Gasteiger partial charge on any atom is -0.483 e. The number of likely N-dealkylation sites (tertiary alicyclic amines) is 1. The molecule has 3 rings (SSSR count). The molecule has 156 valence electrons. The van der Waals surface area contributed by atoms with Crippen molar-refractivity contribution in [3.8, 4) is 5.75 Å². The number of hydrogen-bond donors (Lipinski definition) is 1. The highest BCUT2D eigenvalue weighted by Crippen LogP contribution is 2.29. The first kappa shape index (κ1) is 21.7. The lowest BCUT2D eigenvalue weighted by atomic mass is 10.0. The van der Waals surface area contributed by atoms with Crippen LogP contribution < -0.4 is 10.1 Å². The fourth-order valence-corrected chi connectivity index (χ4v) is 4.28. The molecule has 5 heteroatoms. The Morgan fingerprint density at radius 1 is 1.03 bits per heavy atom. The maximum atomic E-state index is 12.5. The second-order valence-corrected chi connectivity index (χ2v) is 8.21. The summed E-state index contributed by atoms with van der Waals surface area (Å²) in [4.78, 5) is 15.0. The Bertz CT molecular complexity index is 796. The standard InChI is InChI=1S/C24H31ClN2O2/c1-18-10-9-11-19(2)24(18)29-17-23(28)26-16-22(20-12-5-6-13-21(20)25)27-14-7-3-4-8-15-27/h5-6,9-13,22H,3-4,7-8,14-17H2,1-2H3,(H,26,28). The number of para-hydroxylation sites is 1. The van der Waals surface area contributed by atoms with Gasteiger partial charge in [-0.25, -0.2) is 0 Å². The van der Waals surface area contributed by atoms with Crippen molar-refractivity contribution in [2.45, 2.75) is 45.6 Å². The number of amides is 1. The molecule has 1 aliphatic heterocycles. The van der Waals surface area contributed by atoms with E-state index < -0.39 is 0 Å². The molecule has 2 aromatic carbocycles. The van der Waals surface area contributed by atoms with E-state index in [9.17, 15) is 4.79 Å². The van der Waals surface area contributed by atoms with Crippen molar-refractivity contribution in [1.82, 2.24) is 10.2 Å². The number of carbonyl (C=O) groups is 1. The molecule has 0 saturated carbocycles. The number of nitrogens with zero attached hydrogens (tertiary/aromatic N) is 1. The summed E-state index contributed by atoms with van der Waals surface area (Å²) in [6, 6.07) is 14.0. The number of nitrogens with one attached hydrogen (secondary N) is 1. The molecule has 1 fully saturated rings. The van der Waals surface area contributed by atoms with Crippen molar-refractivity contribution in [2.24, 2.45) is 0 Å². The van der Waals surface area contributed by atoms with Crippen LogP contribution in [0.3, 0.4) is 0 Å². The molecular weight excluding hydrogens is 384 g/mol. The average molecular weight is 415 g/mol. The van der Waals surface area contributed by atoms with Crippen LogP contribution in [-0.4, -0.2) is 37.0 Å². The van der Waals surface area contributed by atoms with E-state index in [2.05, 4.69) is 16.3 Å². The number of carbonyl (C=O) groups excluding carboxylic acids is 1. The third-order valence-corrected chi connectivity index (χ3v) is 5.94. The fraction of sp³-hybridized carbons (Fsp3) is 0.458. The SMILES string of the molecule is Cc1cccc(C)c1OCC(=O)NCC(c1ccccc1Cl)N1CCCCCC1. The number of ether oxygens (including phenoxy) is 1. The predicted octanol–water partition coefficient (Wildman–Crippen LogP) is 5.07. The molecule has 29 heavy (non-hydrogen) atoms. The monoisotopic (exact) mass is 414 g/mol. The third-order valence-electron chi connectivity index (χ3n) is 5.59. The van der Waals surface area contributed by atoms with Crippen molar-refractivity contribution in [2.75, 3.05) is 26.2 Å². The van der Waals surface area contributed by atoms with E-state index >= 15 is 0 Å². The third kappa shape index (κ3) is 5.97. The van der Waals surface area contributed by atoms with E-state index in [1.54, 1.807) is 0 Å². The topological polar surface area (TPSA) is 41.6 Å². The van der Waals surface area contributed by atoms with E-state index in [1.165, 1.54) is 25.7 Å². The van der Waals surface area contributed by atoms with Gasteiger partial charge in [0.2, 0.25) is 0 Å². The van der Waals surface area contributed by atoms with Crippen LogP contribution in [0.15, 0.2) is 42.5 Å². The van der Waals surface area contributed by atoms with E-state index in [-0.39, 0.29) is 18.6 Å². The molecule has 4 nitrogen and oxygen atoms in total. The first-order valence-corrected chi connectivity index (χ1v) is 10.9. The lowest BCUT2D eigenvalue weighted by Crippen LogP contribution is -2.40. The molecule has 0 bridgehead atoms. The van der Waals surface area contributed by atoms with Crippen LogP contribution >= 0.6 is 11.6 Å². The summed E-state index contributed by atoms with van der Waals surface area (Å²) in [7, 11) is 0. The molecule has 0 aliphatic carbocycles. The molecule has 1 atom stereocenters. The van der Waals surface area contributed by atoms with Crippen LogP contribution in [-0.2, 0) is 4.79 Å². The summed E-state index contributed by atoms with van der Waals surface area (Å²) in [5.74, 6) is 0.678. The molecule has 1 aliphatic rings. The Morgan fingerprint density at radius 2 is 1.69 bits per heavy atom. The molecule has 1 amide bonds. The molecule has 1 heterocycles. The molecule has 1 saturated heterocycles. The average Bonchev–Trinajstić information content (AvgIpc) is 2.98. The van der Waals surface area contributed by atoms with E-state index in [0.29, 0.717) is 6.54 Å². The summed E-state index contributed by atoms with van der Waals surface area (Å²) in [5.41, 5.74) is 3.15. The Kier molecular flexibility index (Phi) is 7.96. The van der Waals surface area contributed by atoms with Crippen molar-refractivity contribution in [1.29, 1.82) is 0 Å². The summed E-state index contributed by atoms with van der Waals surface area (Å²) in [6.07, 6.45) is 4.90. The van der Waals surface area contributed by atoms with Gasteiger partial charge in [-0.05, 0) is 62.5 Å². The van der Waals surface area contributed by atoms with Gasteiger partial charge in [0.05, 0.1) is 6.04 Å². The maximum Gasteiger partial charge on any atom is 0.258 e. The van der Waals surface area contributed by atoms with Gasteiger partial charge in [-0.1, -0.05) is 60.8 Å². The molecule has 2 aromatic rings. The minimum absolute atomic E-state index is 0.0148. The highest BCUT2D eigenvalue weighted by atomic mass is 35.5. The van der Waals surface area contributed by atoms with Gasteiger partial charge in [-0.15, -0.1) is 0 Å². The Balaban J connectivity index is 1.64. The van der Waals surface area contributed by atoms with Gasteiger partial charge < -0.3 is 10.1 Å². The van der Waals surface area contributed by atoms with Gasteiger partial charge in [0.15, 0.2) is 6.61 Å². The summed E-state index contributed by atoms with van der Waals surface area (Å²) >= 11 is 6.51. The number of benzene rings is 2. The first-order chi connectivity index (χ1) is 14.1. The highest BCUT2D eigenvalue weighted by molar-refractivity contribution is 6.31. The van der Waals surface area contributed by atoms with Crippen LogP contribution in [0.25, 0.3) is 0 Å². The van der Waals surface area contributed by atoms with Gasteiger partial charge in [0.25, 0.3) is 5.91 Å². The van der Waals surface area contributed by atoms with Crippen LogP contribution in [0.5, 0.6) is 5.75 Å². The van der Waals surface area contributed by atoms with Crippen molar-refractivity contribution in [3.63, 3.8) is 0 Å². The molecule has 1 unspecified atom stereocenters. The number of aryl methyl sites for hydroxylation is 2. The smallest absolute Gasteiger partial charge is 0.258 e. The van der Waals surface area contributed by atoms with E-state index in [1.807, 2.05) is 50.2 Å². The van der Waals surface area contributed by atoms with Gasteiger partial charge in [0, 0.05) is 11.6 Å². The lowest BCUT2D eigenvalue weighted by Gasteiger charge is -2.31. The molecule has 0 radical (unpaired) electrons. The van der Waals surface area contributed by atoms with Gasteiger partial charge >= 0.3 is 0 Å². The number of rotatable bonds is 7. The Morgan fingerprint density at radius 3 is 2.34 bits per heavy atom. The Hall–Kier alpha value is -2.04. The second kappa shape index (κ2) is 10.7. The number of hydrogen-bond acceptors (Lipinski definition) is 3. The van der Waals surface area contributed by atoms with Gasteiger partial charge in [0.1, 0.15) is 5.75 Å². The van der Waals surface area contributed by atoms with Gasteiger partial charge in [-0.2, -0.15) is 0 Å². The minimum atomic E-state index is -0.112. The largest absolute Gasteiger partial charge is 0.483 e. The Labute approximate surface area is 179 Å². The van der Waals surface area contributed by atoms with Crippen molar-refractivity contribution in [3.05, 3.63) is 64.2 Å².